The summed E-state index contributed by atoms with van der Waals surface area (Å²) in [7, 11) is 1.62. The number of nitrogens with zero attached hydrogens (tertiary/aromatic N) is 1. The molecule has 0 heterocycles. The summed E-state index contributed by atoms with van der Waals surface area (Å²) in [4.78, 5) is 29.0. The Kier molecular flexibility index (Phi) is 11.2. The largest absolute Gasteiger partial charge is 0.497 e. The molecule has 0 saturated heterocycles. The number of rotatable bonds is 14. The lowest BCUT2D eigenvalue weighted by Crippen LogP contribution is -2.52. The predicted octanol–water partition coefficient (Wildman–Crippen LogP) is 5.72. The minimum atomic E-state index is -0.624. The van der Waals surface area contributed by atoms with E-state index in [0.29, 0.717) is 26.0 Å². The van der Waals surface area contributed by atoms with E-state index in [1.54, 1.807) is 12.0 Å². The molecule has 38 heavy (non-hydrogen) atoms. The zero-order valence-electron chi connectivity index (χ0n) is 23.0. The molecule has 0 radical (unpaired) electrons. The lowest BCUT2D eigenvalue weighted by molar-refractivity contribution is -0.141. The molecule has 3 aromatic rings. The van der Waals surface area contributed by atoms with Crippen molar-refractivity contribution in [2.75, 3.05) is 13.7 Å². The Labute approximate surface area is 227 Å². The van der Waals surface area contributed by atoms with Crippen molar-refractivity contribution in [3.05, 3.63) is 95.6 Å². The number of benzene rings is 3. The standard InChI is InChI=1S/C32H40N2O4/c1-5-25(3)33-32(36)30(22-26-13-7-6-8-14-26)34(23-27-15-10-9-12-24(27)2)31(35)16-11-21-38-29-19-17-28(37-4)18-20-29/h6-10,12-15,17-20,25,30H,5,11,16,21-23H2,1-4H3,(H,33,36)/t25-,30+/m0/s1. The van der Waals surface area contributed by atoms with E-state index in [4.69, 9.17) is 9.47 Å². The van der Waals surface area contributed by atoms with Gasteiger partial charge in [0.1, 0.15) is 17.5 Å². The smallest absolute Gasteiger partial charge is 0.243 e. The molecule has 0 saturated carbocycles. The van der Waals surface area contributed by atoms with Crippen LogP contribution in [0.3, 0.4) is 0 Å². The molecule has 0 fully saturated rings. The van der Waals surface area contributed by atoms with Gasteiger partial charge in [-0.1, -0.05) is 61.5 Å². The summed E-state index contributed by atoms with van der Waals surface area (Å²) in [5.74, 6) is 1.30. The first-order chi connectivity index (χ1) is 18.4. The Hall–Kier alpha value is -3.80. The second kappa shape index (κ2) is 14.8. The van der Waals surface area contributed by atoms with E-state index in [-0.39, 0.29) is 24.3 Å². The maximum atomic E-state index is 13.7. The average molecular weight is 517 g/mol. The molecular weight excluding hydrogens is 476 g/mol. The van der Waals surface area contributed by atoms with Gasteiger partial charge in [0.2, 0.25) is 11.8 Å². The number of amides is 2. The molecule has 2 atom stereocenters. The fourth-order valence-electron chi connectivity index (χ4n) is 4.20. The molecule has 0 aromatic heterocycles. The molecule has 0 aliphatic heterocycles. The van der Waals surface area contributed by atoms with Gasteiger partial charge in [-0.15, -0.1) is 0 Å². The van der Waals surface area contributed by atoms with Gasteiger partial charge in [0, 0.05) is 25.4 Å². The Morgan fingerprint density at radius 3 is 2.24 bits per heavy atom. The van der Waals surface area contributed by atoms with E-state index in [1.165, 1.54) is 0 Å². The van der Waals surface area contributed by atoms with Crippen LogP contribution < -0.4 is 14.8 Å². The van der Waals surface area contributed by atoms with Gasteiger partial charge in [-0.05, 0) is 67.6 Å². The van der Waals surface area contributed by atoms with Crippen LogP contribution in [0.2, 0.25) is 0 Å². The number of hydrogen-bond donors (Lipinski definition) is 1. The molecule has 1 N–H and O–H groups in total. The molecule has 3 rings (SSSR count). The number of aryl methyl sites for hydroxylation is 1. The Morgan fingerprint density at radius 2 is 1.58 bits per heavy atom. The molecular formula is C32H40N2O4. The molecule has 0 bridgehead atoms. The van der Waals surface area contributed by atoms with Gasteiger partial charge in [0.25, 0.3) is 0 Å². The molecule has 3 aromatic carbocycles. The Bertz CT molecular complexity index is 1150. The number of ether oxygens (including phenoxy) is 2. The monoisotopic (exact) mass is 516 g/mol. The van der Waals surface area contributed by atoms with Crippen molar-refractivity contribution >= 4 is 11.8 Å². The SMILES string of the molecule is CC[C@H](C)NC(=O)[C@@H](Cc1ccccc1)N(Cc1ccccc1C)C(=O)CCCOc1ccc(OC)cc1. The predicted molar refractivity (Wildman–Crippen MR) is 151 cm³/mol. The van der Waals surface area contributed by atoms with Crippen molar-refractivity contribution in [3.63, 3.8) is 0 Å². The van der Waals surface area contributed by atoms with Crippen LogP contribution in [0.15, 0.2) is 78.9 Å². The first-order valence-electron chi connectivity index (χ1n) is 13.4. The lowest BCUT2D eigenvalue weighted by Gasteiger charge is -2.33. The zero-order chi connectivity index (χ0) is 27.3. The van der Waals surface area contributed by atoms with Gasteiger partial charge < -0.3 is 19.7 Å². The molecule has 0 aliphatic carbocycles. The van der Waals surface area contributed by atoms with Gasteiger partial charge in [0.15, 0.2) is 0 Å². The summed E-state index contributed by atoms with van der Waals surface area (Å²) in [6.45, 7) is 6.83. The van der Waals surface area contributed by atoms with Gasteiger partial charge in [-0.2, -0.15) is 0 Å². The third-order valence-corrected chi connectivity index (χ3v) is 6.74. The van der Waals surface area contributed by atoms with E-state index in [9.17, 15) is 9.59 Å². The highest BCUT2D eigenvalue weighted by molar-refractivity contribution is 5.88. The Morgan fingerprint density at radius 1 is 0.921 bits per heavy atom. The average Bonchev–Trinajstić information content (AvgIpc) is 2.94. The van der Waals surface area contributed by atoms with Crippen LogP contribution in [-0.2, 0) is 22.6 Å². The number of nitrogens with one attached hydrogen (secondary N) is 1. The quantitative estimate of drug-likeness (QED) is 0.278. The maximum Gasteiger partial charge on any atom is 0.243 e. The van der Waals surface area contributed by atoms with Gasteiger partial charge in [-0.3, -0.25) is 9.59 Å². The van der Waals surface area contributed by atoms with Crippen LogP contribution in [-0.4, -0.2) is 42.5 Å². The molecule has 0 unspecified atom stereocenters. The summed E-state index contributed by atoms with van der Waals surface area (Å²) in [5.41, 5.74) is 3.14. The first kappa shape index (κ1) is 28.8. The lowest BCUT2D eigenvalue weighted by atomic mass is 10.0. The normalized spacial score (nSPS) is 12.3. The summed E-state index contributed by atoms with van der Waals surface area (Å²) < 4.78 is 11.0. The van der Waals surface area contributed by atoms with Crippen molar-refractivity contribution in [1.82, 2.24) is 10.2 Å². The van der Waals surface area contributed by atoms with Crippen molar-refractivity contribution in [2.24, 2.45) is 0 Å². The van der Waals surface area contributed by atoms with E-state index >= 15 is 0 Å². The summed E-state index contributed by atoms with van der Waals surface area (Å²) in [5, 5.41) is 3.12. The number of methoxy groups -OCH3 is 1. The topological polar surface area (TPSA) is 67.9 Å². The van der Waals surface area contributed by atoms with Crippen molar-refractivity contribution < 1.29 is 19.1 Å². The third kappa shape index (κ3) is 8.65. The molecule has 0 spiro atoms. The van der Waals surface area contributed by atoms with E-state index in [0.717, 1.165) is 34.6 Å². The maximum absolute atomic E-state index is 13.7. The highest BCUT2D eigenvalue weighted by atomic mass is 16.5. The fraction of sp³-hybridized carbons (Fsp3) is 0.375. The fourth-order valence-corrected chi connectivity index (χ4v) is 4.20. The summed E-state index contributed by atoms with van der Waals surface area (Å²) in [6, 6.07) is 24.7. The van der Waals surface area contributed by atoms with Gasteiger partial charge >= 0.3 is 0 Å². The molecule has 202 valence electrons. The van der Waals surface area contributed by atoms with E-state index in [1.807, 2.05) is 99.6 Å². The van der Waals surface area contributed by atoms with E-state index in [2.05, 4.69) is 5.32 Å². The van der Waals surface area contributed by atoms with Crippen LogP contribution in [0.4, 0.5) is 0 Å². The van der Waals surface area contributed by atoms with Crippen LogP contribution >= 0.6 is 0 Å². The van der Waals surface area contributed by atoms with Crippen LogP contribution in [0.5, 0.6) is 11.5 Å². The highest BCUT2D eigenvalue weighted by Gasteiger charge is 2.31. The molecule has 2 amide bonds. The first-order valence-corrected chi connectivity index (χ1v) is 13.4. The van der Waals surface area contributed by atoms with Crippen LogP contribution in [0, 0.1) is 6.92 Å². The van der Waals surface area contributed by atoms with E-state index < -0.39 is 6.04 Å². The minimum absolute atomic E-state index is 0.0223. The highest BCUT2D eigenvalue weighted by Crippen LogP contribution is 2.20. The molecule has 6 heteroatoms. The summed E-state index contributed by atoms with van der Waals surface area (Å²) in [6.07, 6.45) is 2.09. The number of hydrogen-bond acceptors (Lipinski definition) is 4. The van der Waals surface area contributed by atoms with Crippen LogP contribution in [0.1, 0.15) is 49.8 Å². The third-order valence-electron chi connectivity index (χ3n) is 6.74. The number of carbonyl (C=O) groups excluding carboxylic acids is 2. The van der Waals surface area contributed by atoms with Crippen molar-refractivity contribution in [3.8, 4) is 11.5 Å². The van der Waals surface area contributed by atoms with Crippen molar-refractivity contribution in [1.29, 1.82) is 0 Å². The summed E-state index contributed by atoms with van der Waals surface area (Å²) >= 11 is 0. The minimum Gasteiger partial charge on any atom is -0.497 e. The van der Waals surface area contributed by atoms with Crippen molar-refractivity contribution in [2.45, 2.75) is 65.1 Å². The second-order valence-corrected chi connectivity index (χ2v) is 9.60. The molecule has 0 aliphatic rings. The van der Waals surface area contributed by atoms with Crippen LogP contribution in [0.25, 0.3) is 0 Å². The molecule has 6 nitrogen and oxygen atoms in total. The second-order valence-electron chi connectivity index (χ2n) is 9.60. The number of carbonyl (C=O) groups is 2. The Balaban J connectivity index is 1.78. The zero-order valence-corrected chi connectivity index (χ0v) is 23.0. The van der Waals surface area contributed by atoms with Gasteiger partial charge in [0.05, 0.1) is 13.7 Å². The van der Waals surface area contributed by atoms with Gasteiger partial charge in [-0.25, -0.2) is 0 Å².